The molecule has 0 amide bonds. The summed E-state index contributed by atoms with van der Waals surface area (Å²) in [6.07, 6.45) is 3.17. The van der Waals surface area contributed by atoms with E-state index in [1.165, 1.54) is 19.5 Å². The molecule has 0 aliphatic carbocycles. The van der Waals surface area contributed by atoms with E-state index in [0.29, 0.717) is 5.41 Å². The van der Waals surface area contributed by atoms with Gasteiger partial charge in [0, 0.05) is 32.0 Å². The quantitative estimate of drug-likeness (QED) is 0.846. The van der Waals surface area contributed by atoms with E-state index in [-0.39, 0.29) is 0 Å². The molecule has 2 rings (SSSR count). The van der Waals surface area contributed by atoms with E-state index < -0.39 is 0 Å². The van der Waals surface area contributed by atoms with Gasteiger partial charge in [-0.1, -0.05) is 13.8 Å². The lowest BCUT2D eigenvalue weighted by atomic mass is 9.93. The molecule has 0 spiro atoms. The summed E-state index contributed by atoms with van der Waals surface area (Å²) in [5.41, 5.74) is 2.77. The van der Waals surface area contributed by atoms with E-state index in [0.717, 1.165) is 17.9 Å². The molecular formula is C13H21N3. The Labute approximate surface area is 97.9 Å². The van der Waals surface area contributed by atoms with Crippen molar-refractivity contribution >= 4 is 5.69 Å². The predicted octanol–water partition coefficient (Wildman–Crippen LogP) is 2.36. The number of rotatable bonds is 3. The van der Waals surface area contributed by atoms with Crippen LogP contribution >= 0.6 is 0 Å². The maximum atomic E-state index is 4.42. The van der Waals surface area contributed by atoms with Crippen molar-refractivity contribution in [2.75, 3.05) is 25.5 Å². The SMILES string of the molecule is CNc1ccnc(CN2CCC(C)(C)C2)c1. The van der Waals surface area contributed by atoms with E-state index in [2.05, 4.69) is 35.1 Å². The molecule has 2 heterocycles. The summed E-state index contributed by atoms with van der Waals surface area (Å²) < 4.78 is 0. The molecule has 1 aliphatic rings. The second-order valence-electron chi connectivity index (χ2n) is 5.41. The van der Waals surface area contributed by atoms with Crippen LogP contribution in [0.15, 0.2) is 18.3 Å². The third-order valence-electron chi connectivity index (χ3n) is 3.25. The van der Waals surface area contributed by atoms with Gasteiger partial charge in [0.1, 0.15) is 0 Å². The zero-order valence-corrected chi connectivity index (χ0v) is 10.5. The lowest BCUT2D eigenvalue weighted by Crippen LogP contribution is -2.23. The fourth-order valence-corrected chi connectivity index (χ4v) is 2.31. The summed E-state index contributed by atoms with van der Waals surface area (Å²) in [5.74, 6) is 0. The highest BCUT2D eigenvalue weighted by Gasteiger charge is 2.28. The number of nitrogens with zero attached hydrogens (tertiary/aromatic N) is 2. The minimum absolute atomic E-state index is 0.473. The molecule has 0 radical (unpaired) electrons. The van der Waals surface area contributed by atoms with E-state index in [1.54, 1.807) is 0 Å². The van der Waals surface area contributed by atoms with Gasteiger partial charge >= 0.3 is 0 Å². The Kier molecular flexibility index (Phi) is 3.15. The normalized spacial score (nSPS) is 19.9. The highest BCUT2D eigenvalue weighted by atomic mass is 15.2. The second-order valence-corrected chi connectivity index (χ2v) is 5.41. The maximum Gasteiger partial charge on any atom is 0.0564 e. The Bertz CT molecular complexity index is 360. The van der Waals surface area contributed by atoms with Crippen molar-refractivity contribution in [2.24, 2.45) is 5.41 Å². The third kappa shape index (κ3) is 2.73. The van der Waals surface area contributed by atoms with Crippen LogP contribution in [0.2, 0.25) is 0 Å². The molecule has 1 aromatic heterocycles. The number of aromatic nitrogens is 1. The van der Waals surface area contributed by atoms with Crippen molar-refractivity contribution in [3.63, 3.8) is 0 Å². The molecule has 0 saturated carbocycles. The van der Waals surface area contributed by atoms with Crippen LogP contribution in [-0.2, 0) is 6.54 Å². The minimum atomic E-state index is 0.473. The lowest BCUT2D eigenvalue weighted by Gasteiger charge is -2.19. The van der Waals surface area contributed by atoms with E-state index >= 15 is 0 Å². The average Bonchev–Trinajstić information content (AvgIpc) is 2.58. The summed E-state index contributed by atoms with van der Waals surface area (Å²) in [7, 11) is 1.94. The summed E-state index contributed by atoms with van der Waals surface area (Å²) in [5, 5.41) is 3.15. The van der Waals surface area contributed by atoms with Gasteiger partial charge in [0.05, 0.1) is 5.69 Å². The first-order chi connectivity index (χ1) is 7.59. The zero-order valence-electron chi connectivity index (χ0n) is 10.5. The van der Waals surface area contributed by atoms with Crippen molar-refractivity contribution < 1.29 is 0 Å². The molecule has 0 aromatic carbocycles. The monoisotopic (exact) mass is 219 g/mol. The first-order valence-electron chi connectivity index (χ1n) is 5.94. The van der Waals surface area contributed by atoms with Gasteiger partial charge in [0.25, 0.3) is 0 Å². The minimum Gasteiger partial charge on any atom is -0.388 e. The Morgan fingerprint density at radius 3 is 2.94 bits per heavy atom. The van der Waals surface area contributed by atoms with Gasteiger partial charge in [0.15, 0.2) is 0 Å². The molecule has 0 bridgehead atoms. The molecule has 88 valence electrons. The van der Waals surface area contributed by atoms with Gasteiger partial charge in [-0.2, -0.15) is 0 Å². The highest BCUT2D eigenvalue weighted by molar-refractivity contribution is 5.42. The summed E-state index contributed by atoms with van der Waals surface area (Å²) in [6, 6.07) is 4.13. The lowest BCUT2D eigenvalue weighted by molar-refractivity contribution is 0.282. The number of anilines is 1. The van der Waals surface area contributed by atoms with Crippen LogP contribution in [0.5, 0.6) is 0 Å². The van der Waals surface area contributed by atoms with Crippen LogP contribution in [0.25, 0.3) is 0 Å². The van der Waals surface area contributed by atoms with Gasteiger partial charge in [0.2, 0.25) is 0 Å². The number of likely N-dealkylation sites (tertiary alicyclic amines) is 1. The summed E-state index contributed by atoms with van der Waals surface area (Å²) >= 11 is 0. The molecule has 1 N–H and O–H groups in total. The molecule has 0 atom stereocenters. The predicted molar refractivity (Wildman–Crippen MR) is 67.5 cm³/mol. The maximum absolute atomic E-state index is 4.42. The molecular weight excluding hydrogens is 198 g/mol. The van der Waals surface area contributed by atoms with Crippen LogP contribution in [0, 0.1) is 5.41 Å². The van der Waals surface area contributed by atoms with E-state index in [4.69, 9.17) is 0 Å². The second kappa shape index (κ2) is 4.42. The topological polar surface area (TPSA) is 28.2 Å². The fraction of sp³-hybridized carbons (Fsp3) is 0.615. The largest absolute Gasteiger partial charge is 0.388 e. The van der Waals surface area contributed by atoms with Crippen molar-refractivity contribution in [1.29, 1.82) is 0 Å². The van der Waals surface area contributed by atoms with Crippen molar-refractivity contribution in [3.8, 4) is 0 Å². The Morgan fingerprint density at radius 1 is 1.50 bits per heavy atom. The molecule has 1 saturated heterocycles. The number of hydrogen-bond donors (Lipinski definition) is 1. The molecule has 0 unspecified atom stereocenters. The van der Waals surface area contributed by atoms with Crippen LogP contribution in [0.3, 0.4) is 0 Å². The molecule has 16 heavy (non-hydrogen) atoms. The molecule has 1 fully saturated rings. The number of pyridine rings is 1. The Balaban J connectivity index is 1.99. The van der Waals surface area contributed by atoms with Crippen LogP contribution in [-0.4, -0.2) is 30.0 Å². The summed E-state index contributed by atoms with van der Waals surface area (Å²) in [4.78, 5) is 6.90. The number of hydrogen-bond acceptors (Lipinski definition) is 3. The molecule has 3 heteroatoms. The van der Waals surface area contributed by atoms with Crippen LogP contribution < -0.4 is 5.32 Å². The van der Waals surface area contributed by atoms with Crippen molar-refractivity contribution in [2.45, 2.75) is 26.8 Å². The Hall–Kier alpha value is -1.09. The molecule has 1 aliphatic heterocycles. The van der Waals surface area contributed by atoms with Gasteiger partial charge < -0.3 is 5.32 Å². The van der Waals surface area contributed by atoms with E-state index in [1.807, 2.05) is 19.3 Å². The van der Waals surface area contributed by atoms with Gasteiger partial charge in [-0.05, 0) is 30.5 Å². The summed E-state index contributed by atoms with van der Waals surface area (Å²) in [6.45, 7) is 8.02. The van der Waals surface area contributed by atoms with Crippen LogP contribution in [0.1, 0.15) is 26.0 Å². The first-order valence-corrected chi connectivity index (χ1v) is 5.94. The standard InChI is InChI=1S/C13H21N3/c1-13(2)5-7-16(10-13)9-12-8-11(14-3)4-6-15-12/h4,6,8H,5,7,9-10H2,1-3H3,(H,14,15). The molecule has 3 nitrogen and oxygen atoms in total. The third-order valence-corrected chi connectivity index (χ3v) is 3.25. The number of nitrogens with one attached hydrogen (secondary N) is 1. The van der Waals surface area contributed by atoms with E-state index in [9.17, 15) is 0 Å². The van der Waals surface area contributed by atoms with Crippen molar-refractivity contribution in [1.82, 2.24) is 9.88 Å². The zero-order chi connectivity index (χ0) is 11.6. The highest BCUT2D eigenvalue weighted by Crippen LogP contribution is 2.29. The Morgan fingerprint density at radius 2 is 2.31 bits per heavy atom. The molecule has 1 aromatic rings. The smallest absolute Gasteiger partial charge is 0.0564 e. The van der Waals surface area contributed by atoms with Gasteiger partial charge in [-0.15, -0.1) is 0 Å². The first kappa shape index (κ1) is 11.4. The average molecular weight is 219 g/mol. The van der Waals surface area contributed by atoms with Crippen molar-refractivity contribution in [3.05, 3.63) is 24.0 Å². The van der Waals surface area contributed by atoms with Gasteiger partial charge in [-0.3, -0.25) is 9.88 Å². The fourth-order valence-electron chi connectivity index (χ4n) is 2.31. The van der Waals surface area contributed by atoms with Gasteiger partial charge in [-0.25, -0.2) is 0 Å². The van der Waals surface area contributed by atoms with Crippen LogP contribution in [0.4, 0.5) is 5.69 Å².